The Bertz CT molecular complexity index is 292. The molecule has 0 spiro atoms. The normalized spacial score (nSPS) is 28.9. The predicted molar refractivity (Wildman–Crippen MR) is 68.3 cm³/mol. The zero-order valence-electron chi connectivity index (χ0n) is 10.7. The lowest BCUT2D eigenvalue weighted by Gasteiger charge is -2.32. The van der Waals surface area contributed by atoms with E-state index in [0.717, 1.165) is 12.3 Å². The van der Waals surface area contributed by atoms with Gasteiger partial charge >= 0.3 is 0 Å². The fourth-order valence-corrected chi connectivity index (χ4v) is 3.33. The molecule has 0 aromatic rings. The smallest absolute Gasteiger partial charge is 0.147 e. The van der Waals surface area contributed by atoms with Crippen molar-refractivity contribution in [2.75, 3.05) is 19.1 Å². The number of hydrogen-bond donors (Lipinski definition) is 1. The first-order valence-corrected chi connectivity index (χ1v) is 8.33. The molecule has 1 rings (SSSR count). The highest BCUT2D eigenvalue weighted by molar-refractivity contribution is 7.90. The Morgan fingerprint density at radius 1 is 1.25 bits per heavy atom. The van der Waals surface area contributed by atoms with Gasteiger partial charge in [0, 0.05) is 12.3 Å². The second-order valence-corrected chi connectivity index (χ2v) is 7.59. The number of rotatable bonds is 5. The Kier molecular flexibility index (Phi) is 5.25. The van der Waals surface area contributed by atoms with Gasteiger partial charge in [0.2, 0.25) is 0 Å². The van der Waals surface area contributed by atoms with Crippen LogP contribution < -0.4 is 5.32 Å². The van der Waals surface area contributed by atoms with Crippen molar-refractivity contribution in [1.82, 2.24) is 5.32 Å². The first-order valence-electron chi connectivity index (χ1n) is 6.27. The molecular formula is C12H25NO2S. The quantitative estimate of drug-likeness (QED) is 0.806. The van der Waals surface area contributed by atoms with Crippen LogP contribution >= 0.6 is 0 Å². The molecule has 16 heavy (non-hydrogen) atoms. The summed E-state index contributed by atoms with van der Waals surface area (Å²) in [5, 5.41) is 3.29. The van der Waals surface area contributed by atoms with E-state index in [9.17, 15) is 8.42 Å². The lowest BCUT2D eigenvalue weighted by atomic mass is 9.78. The van der Waals surface area contributed by atoms with Gasteiger partial charge in [0.1, 0.15) is 9.84 Å². The third-order valence-electron chi connectivity index (χ3n) is 3.80. The van der Waals surface area contributed by atoms with E-state index in [2.05, 4.69) is 12.2 Å². The summed E-state index contributed by atoms with van der Waals surface area (Å²) >= 11 is 0. The third-order valence-corrected chi connectivity index (χ3v) is 4.78. The van der Waals surface area contributed by atoms with Crippen molar-refractivity contribution in [2.24, 2.45) is 11.8 Å². The molecule has 1 N–H and O–H groups in total. The van der Waals surface area contributed by atoms with Crippen LogP contribution in [0.15, 0.2) is 0 Å². The summed E-state index contributed by atoms with van der Waals surface area (Å²) in [7, 11) is -0.869. The molecule has 0 aliphatic heterocycles. The van der Waals surface area contributed by atoms with E-state index in [4.69, 9.17) is 0 Å². The number of hydrogen-bond acceptors (Lipinski definition) is 3. The Morgan fingerprint density at radius 3 is 2.25 bits per heavy atom. The van der Waals surface area contributed by atoms with Gasteiger partial charge in [-0.05, 0) is 38.1 Å². The minimum Gasteiger partial charge on any atom is -0.317 e. The zero-order valence-corrected chi connectivity index (χ0v) is 11.5. The maximum atomic E-state index is 11.2. The standard InChI is InChI=1S/C12H25NO2S/c1-10-4-6-11(7-5-10)12(13-2)8-9-16(3,14)15/h10-13H,4-9H2,1-3H3. The van der Waals surface area contributed by atoms with Crippen molar-refractivity contribution in [1.29, 1.82) is 0 Å². The van der Waals surface area contributed by atoms with Gasteiger partial charge in [-0.3, -0.25) is 0 Å². The summed E-state index contributed by atoms with van der Waals surface area (Å²) in [5.41, 5.74) is 0. The summed E-state index contributed by atoms with van der Waals surface area (Å²) in [6, 6.07) is 0.377. The predicted octanol–water partition coefficient (Wildman–Crippen LogP) is 1.84. The highest BCUT2D eigenvalue weighted by Crippen LogP contribution is 2.31. The fraction of sp³-hybridized carbons (Fsp3) is 1.00. The van der Waals surface area contributed by atoms with Gasteiger partial charge in [0.05, 0.1) is 5.75 Å². The average Bonchev–Trinajstić information content (AvgIpc) is 2.20. The Labute approximate surface area is 99.9 Å². The maximum Gasteiger partial charge on any atom is 0.147 e. The number of sulfone groups is 1. The summed E-state index contributed by atoms with van der Waals surface area (Å²) < 4.78 is 22.3. The van der Waals surface area contributed by atoms with Crippen molar-refractivity contribution in [3.63, 3.8) is 0 Å². The van der Waals surface area contributed by atoms with Gasteiger partial charge in [-0.2, -0.15) is 0 Å². The molecule has 0 saturated heterocycles. The van der Waals surface area contributed by atoms with Crippen molar-refractivity contribution in [2.45, 2.75) is 45.1 Å². The topological polar surface area (TPSA) is 46.2 Å². The van der Waals surface area contributed by atoms with Crippen LogP contribution in [0.25, 0.3) is 0 Å². The summed E-state index contributed by atoms with van der Waals surface area (Å²) in [4.78, 5) is 0. The molecule has 96 valence electrons. The third kappa shape index (κ3) is 4.83. The Hall–Kier alpha value is -0.0900. The van der Waals surface area contributed by atoms with Gasteiger partial charge in [-0.25, -0.2) is 8.42 Å². The molecule has 1 atom stereocenters. The molecule has 3 nitrogen and oxygen atoms in total. The second kappa shape index (κ2) is 6.01. The summed E-state index contributed by atoms with van der Waals surface area (Å²) in [5.74, 6) is 1.83. The summed E-state index contributed by atoms with van der Waals surface area (Å²) in [6.07, 6.45) is 7.16. The van der Waals surface area contributed by atoms with E-state index in [1.165, 1.54) is 31.9 Å². The molecule has 1 saturated carbocycles. The minimum atomic E-state index is -2.82. The van der Waals surface area contributed by atoms with Crippen LogP contribution in [-0.4, -0.2) is 33.5 Å². The lowest BCUT2D eigenvalue weighted by Crippen LogP contribution is -2.37. The molecule has 0 bridgehead atoms. The first-order chi connectivity index (χ1) is 7.42. The highest BCUT2D eigenvalue weighted by atomic mass is 32.2. The minimum absolute atomic E-state index is 0.310. The largest absolute Gasteiger partial charge is 0.317 e. The van der Waals surface area contributed by atoms with Crippen molar-refractivity contribution < 1.29 is 8.42 Å². The molecule has 1 aliphatic rings. The molecule has 1 aliphatic carbocycles. The second-order valence-electron chi connectivity index (χ2n) is 5.33. The molecule has 0 aromatic carbocycles. The highest BCUT2D eigenvalue weighted by Gasteiger charge is 2.25. The van der Waals surface area contributed by atoms with E-state index < -0.39 is 9.84 Å². The maximum absolute atomic E-state index is 11.2. The monoisotopic (exact) mass is 247 g/mol. The average molecular weight is 247 g/mol. The van der Waals surface area contributed by atoms with E-state index in [1.807, 2.05) is 7.05 Å². The van der Waals surface area contributed by atoms with Crippen molar-refractivity contribution in [3.05, 3.63) is 0 Å². The SMILES string of the molecule is CNC(CCS(C)(=O)=O)C1CCC(C)CC1. The van der Waals surface area contributed by atoms with E-state index in [0.29, 0.717) is 17.7 Å². The van der Waals surface area contributed by atoms with Gasteiger partial charge in [0.15, 0.2) is 0 Å². The number of nitrogens with one attached hydrogen (secondary N) is 1. The lowest BCUT2D eigenvalue weighted by molar-refractivity contribution is 0.233. The molecule has 0 heterocycles. The zero-order chi connectivity index (χ0) is 12.2. The van der Waals surface area contributed by atoms with Crippen LogP contribution in [0.2, 0.25) is 0 Å². The first kappa shape index (κ1) is 14.0. The van der Waals surface area contributed by atoms with Crippen LogP contribution in [0.4, 0.5) is 0 Å². The van der Waals surface area contributed by atoms with E-state index >= 15 is 0 Å². The van der Waals surface area contributed by atoms with Gasteiger partial charge < -0.3 is 5.32 Å². The summed E-state index contributed by atoms with van der Waals surface area (Å²) in [6.45, 7) is 2.31. The Morgan fingerprint density at radius 2 is 1.81 bits per heavy atom. The fourth-order valence-electron chi connectivity index (χ4n) is 2.65. The van der Waals surface area contributed by atoms with E-state index in [-0.39, 0.29) is 0 Å². The molecule has 1 fully saturated rings. The van der Waals surface area contributed by atoms with Crippen LogP contribution in [0.3, 0.4) is 0 Å². The molecule has 0 amide bonds. The molecular weight excluding hydrogens is 222 g/mol. The van der Waals surface area contributed by atoms with Gasteiger partial charge in [0.25, 0.3) is 0 Å². The van der Waals surface area contributed by atoms with Gasteiger partial charge in [-0.1, -0.05) is 19.8 Å². The van der Waals surface area contributed by atoms with E-state index in [1.54, 1.807) is 0 Å². The van der Waals surface area contributed by atoms with Crippen LogP contribution in [0, 0.1) is 11.8 Å². The van der Waals surface area contributed by atoms with Gasteiger partial charge in [-0.15, -0.1) is 0 Å². The van der Waals surface area contributed by atoms with Crippen LogP contribution in [-0.2, 0) is 9.84 Å². The molecule has 1 unspecified atom stereocenters. The van der Waals surface area contributed by atoms with Crippen LogP contribution in [0.1, 0.15) is 39.0 Å². The van der Waals surface area contributed by atoms with Crippen molar-refractivity contribution >= 4 is 9.84 Å². The van der Waals surface area contributed by atoms with Crippen molar-refractivity contribution in [3.8, 4) is 0 Å². The molecule has 0 radical (unpaired) electrons. The molecule has 4 heteroatoms. The van der Waals surface area contributed by atoms with Crippen LogP contribution in [0.5, 0.6) is 0 Å². The molecule has 0 aromatic heterocycles. The Balaban J connectivity index is 2.42.